The van der Waals surface area contributed by atoms with Gasteiger partial charge in [-0.25, -0.2) is 14.1 Å². The van der Waals surface area contributed by atoms with Gasteiger partial charge in [-0.3, -0.25) is 4.79 Å². The van der Waals surface area contributed by atoms with Gasteiger partial charge in [0.15, 0.2) is 5.82 Å². The number of pyridine rings is 1. The molecule has 150 valence electrons. The number of nitrogens with zero attached hydrogens (tertiary/aromatic N) is 3. The summed E-state index contributed by atoms with van der Waals surface area (Å²) in [5.41, 5.74) is 2.37. The van der Waals surface area contributed by atoms with Crippen LogP contribution in [-0.2, 0) is 11.8 Å². The monoisotopic (exact) mass is 392 g/mol. The molecular formula is C23H25FN4O. The van der Waals surface area contributed by atoms with E-state index in [0.29, 0.717) is 24.3 Å². The van der Waals surface area contributed by atoms with Gasteiger partial charge in [0.05, 0.1) is 17.5 Å². The number of aromatic nitrogens is 3. The Bertz CT molecular complexity index is 976. The van der Waals surface area contributed by atoms with Gasteiger partial charge in [0.25, 0.3) is 5.91 Å². The number of amides is 1. The largest absolute Gasteiger partial charge is 0.351 e. The van der Waals surface area contributed by atoms with Crippen LogP contribution in [-0.4, -0.2) is 27.2 Å². The molecule has 1 N–H and O–H groups in total. The van der Waals surface area contributed by atoms with Crippen LogP contribution in [0.5, 0.6) is 0 Å². The van der Waals surface area contributed by atoms with E-state index in [1.165, 1.54) is 12.1 Å². The highest BCUT2D eigenvalue weighted by molar-refractivity contribution is 5.95. The first kappa shape index (κ1) is 19.3. The molecule has 0 radical (unpaired) electrons. The second-order valence-corrected chi connectivity index (χ2v) is 7.64. The molecule has 0 atom stereocenters. The third-order valence-electron chi connectivity index (χ3n) is 5.92. The van der Waals surface area contributed by atoms with Crippen molar-refractivity contribution in [3.8, 4) is 5.82 Å². The Balaban J connectivity index is 1.55. The Morgan fingerprint density at radius 1 is 1.17 bits per heavy atom. The summed E-state index contributed by atoms with van der Waals surface area (Å²) in [6.45, 7) is 2.54. The van der Waals surface area contributed by atoms with E-state index in [0.717, 1.165) is 36.9 Å². The number of carbonyl (C=O) groups excluding carboxylic acids is 1. The molecule has 0 bridgehead atoms. The second-order valence-electron chi connectivity index (χ2n) is 7.64. The Morgan fingerprint density at radius 2 is 1.93 bits per heavy atom. The van der Waals surface area contributed by atoms with Crippen molar-refractivity contribution in [2.24, 2.45) is 0 Å². The quantitative estimate of drug-likeness (QED) is 0.684. The minimum atomic E-state index is -0.236. The number of carbonyl (C=O) groups is 1. The topological polar surface area (TPSA) is 59.8 Å². The molecule has 0 aliphatic heterocycles. The maximum Gasteiger partial charge on any atom is 0.254 e. The summed E-state index contributed by atoms with van der Waals surface area (Å²) in [6, 6.07) is 12.3. The van der Waals surface area contributed by atoms with E-state index in [1.807, 2.05) is 37.3 Å². The van der Waals surface area contributed by atoms with E-state index in [9.17, 15) is 9.18 Å². The molecule has 1 saturated carbocycles. The van der Waals surface area contributed by atoms with E-state index in [2.05, 4.69) is 15.4 Å². The molecule has 0 spiro atoms. The Morgan fingerprint density at radius 3 is 2.59 bits per heavy atom. The number of halogens is 1. The van der Waals surface area contributed by atoms with Crippen molar-refractivity contribution in [3.05, 3.63) is 77.5 Å². The van der Waals surface area contributed by atoms with Gasteiger partial charge in [-0.1, -0.05) is 38.0 Å². The maximum absolute atomic E-state index is 13.4. The van der Waals surface area contributed by atoms with Gasteiger partial charge in [-0.15, -0.1) is 0 Å². The lowest BCUT2D eigenvalue weighted by molar-refractivity contribution is 0.0942. The van der Waals surface area contributed by atoms with Crippen LogP contribution in [0.25, 0.3) is 5.82 Å². The Kier molecular flexibility index (Phi) is 5.43. The number of nitrogens with one attached hydrogen (secondary N) is 1. The summed E-state index contributed by atoms with van der Waals surface area (Å²) in [5.74, 6) is 0.333. The van der Waals surface area contributed by atoms with Gasteiger partial charge < -0.3 is 5.32 Å². The van der Waals surface area contributed by atoms with Crippen molar-refractivity contribution < 1.29 is 9.18 Å². The van der Waals surface area contributed by atoms with E-state index in [4.69, 9.17) is 0 Å². The van der Waals surface area contributed by atoms with Crippen molar-refractivity contribution in [1.29, 1.82) is 0 Å². The molecule has 1 aliphatic carbocycles. The van der Waals surface area contributed by atoms with Crippen molar-refractivity contribution in [2.45, 2.75) is 44.4 Å². The number of hydrogen-bond donors (Lipinski definition) is 1. The van der Waals surface area contributed by atoms with Gasteiger partial charge in [0, 0.05) is 18.2 Å². The SMILES string of the molecule is CCc1c(C(=O)NCC2(c3ccc(F)cc3)CCCC2)cnn1-c1ccccn1. The lowest BCUT2D eigenvalue weighted by Crippen LogP contribution is -2.39. The van der Waals surface area contributed by atoms with Crippen LogP contribution >= 0.6 is 0 Å². The standard InChI is InChI=1S/C23H25FN4O/c1-2-20-19(15-27-28(20)21-7-3-6-14-25-21)22(29)26-16-23(12-4-5-13-23)17-8-10-18(24)11-9-17/h3,6-11,14-15H,2,4-5,12-13,16H2,1H3,(H,26,29). The first-order chi connectivity index (χ1) is 14.1. The van der Waals surface area contributed by atoms with Crippen LogP contribution in [0.1, 0.15) is 54.2 Å². The highest BCUT2D eigenvalue weighted by Crippen LogP contribution is 2.40. The molecule has 3 aromatic rings. The van der Waals surface area contributed by atoms with Gasteiger partial charge >= 0.3 is 0 Å². The summed E-state index contributed by atoms with van der Waals surface area (Å²) in [7, 11) is 0. The lowest BCUT2D eigenvalue weighted by Gasteiger charge is -2.30. The average molecular weight is 392 g/mol. The molecule has 1 amide bonds. The summed E-state index contributed by atoms with van der Waals surface area (Å²) in [4.78, 5) is 17.3. The third-order valence-corrected chi connectivity index (χ3v) is 5.92. The molecule has 4 rings (SSSR count). The number of benzene rings is 1. The highest BCUT2D eigenvalue weighted by atomic mass is 19.1. The predicted octanol–water partition coefficient (Wildman–Crippen LogP) is 4.21. The summed E-state index contributed by atoms with van der Waals surface area (Å²) < 4.78 is 15.1. The molecule has 1 fully saturated rings. The summed E-state index contributed by atoms with van der Waals surface area (Å²) >= 11 is 0. The zero-order valence-corrected chi connectivity index (χ0v) is 16.6. The highest BCUT2D eigenvalue weighted by Gasteiger charge is 2.36. The summed E-state index contributed by atoms with van der Waals surface area (Å²) in [6.07, 6.45) is 8.21. The van der Waals surface area contributed by atoms with E-state index in [1.54, 1.807) is 17.1 Å². The van der Waals surface area contributed by atoms with Crippen molar-refractivity contribution in [2.75, 3.05) is 6.54 Å². The van der Waals surface area contributed by atoms with Crippen LogP contribution in [0.4, 0.5) is 4.39 Å². The lowest BCUT2D eigenvalue weighted by atomic mass is 9.78. The molecular weight excluding hydrogens is 367 g/mol. The second kappa shape index (κ2) is 8.15. The van der Waals surface area contributed by atoms with Crippen LogP contribution in [0, 0.1) is 5.82 Å². The minimum absolute atomic E-state index is 0.127. The molecule has 6 heteroatoms. The van der Waals surface area contributed by atoms with E-state index >= 15 is 0 Å². The van der Waals surface area contributed by atoms with E-state index in [-0.39, 0.29) is 17.1 Å². The molecule has 1 aliphatic rings. The fourth-order valence-corrected chi connectivity index (χ4v) is 4.35. The smallest absolute Gasteiger partial charge is 0.254 e. The molecule has 2 aromatic heterocycles. The minimum Gasteiger partial charge on any atom is -0.351 e. The van der Waals surface area contributed by atoms with Crippen molar-refractivity contribution in [1.82, 2.24) is 20.1 Å². The zero-order valence-electron chi connectivity index (χ0n) is 16.6. The molecule has 0 unspecified atom stereocenters. The third kappa shape index (κ3) is 3.79. The molecule has 0 saturated heterocycles. The first-order valence-corrected chi connectivity index (χ1v) is 10.2. The van der Waals surface area contributed by atoms with Crippen LogP contribution in [0.2, 0.25) is 0 Å². The Labute approximate surface area is 170 Å². The molecule has 1 aromatic carbocycles. The zero-order chi connectivity index (χ0) is 20.3. The normalized spacial score (nSPS) is 15.4. The fraction of sp³-hybridized carbons (Fsp3) is 0.348. The fourth-order valence-electron chi connectivity index (χ4n) is 4.35. The number of rotatable bonds is 6. The average Bonchev–Trinajstić information content (AvgIpc) is 3.41. The van der Waals surface area contributed by atoms with Crippen LogP contribution in [0.3, 0.4) is 0 Å². The molecule has 5 nitrogen and oxygen atoms in total. The number of hydrogen-bond acceptors (Lipinski definition) is 3. The van der Waals surface area contributed by atoms with Crippen molar-refractivity contribution in [3.63, 3.8) is 0 Å². The van der Waals surface area contributed by atoms with Crippen LogP contribution in [0.15, 0.2) is 54.9 Å². The first-order valence-electron chi connectivity index (χ1n) is 10.2. The molecule has 29 heavy (non-hydrogen) atoms. The Hall–Kier alpha value is -3.02. The van der Waals surface area contributed by atoms with E-state index < -0.39 is 0 Å². The van der Waals surface area contributed by atoms with Gasteiger partial charge in [-0.05, 0) is 49.1 Å². The molecule has 2 heterocycles. The van der Waals surface area contributed by atoms with Crippen molar-refractivity contribution >= 4 is 5.91 Å². The predicted molar refractivity (Wildman–Crippen MR) is 110 cm³/mol. The van der Waals surface area contributed by atoms with Gasteiger partial charge in [-0.2, -0.15) is 5.10 Å². The van der Waals surface area contributed by atoms with Gasteiger partial charge in [0.2, 0.25) is 0 Å². The van der Waals surface area contributed by atoms with Crippen LogP contribution < -0.4 is 5.32 Å². The summed E-state index contributed by atoms with van der Waals surface area (Å²) in [5, 5.41) is 7.52. The van der Waals surface area contributed by atoms with Gasteiger partial charge in [0.1, 0.15) is 5.82 Å². The maximum atomic E-state index is 13.4.